The molecule has 1 aliphatic rings. The molecule has 0 aliphatic carbocycles. The van der Waals surface area contributed by atoms with Crippen LogP contribution in [0.1, 0.15) is 26.2 Å². The number of hydrogen-bond donors (Lipinski definition) is 0. The SMILES string of the molecule is CCC[C@H]1CC=CC(=O)O1. The van der Waals surface area contributed by atoms with Gasteiger partial charge in [-0.25, -0.2) is 4.79 Å². The molecule has 0 radical (unpaired) electrons. The van der Waals surface area contributed by atoms with Crippen LogP contribution in [0.3, 0.4) is 0 Å². The van der Waals surface area contributed by atoms with Crippen LogP contribution in [0.5, 0.6) is 0 Å². The highest BCUT2D eigenvalue weighted by atomic mass is 16.5. The number of carbonyl (C=O) groups is 1. The second kappa shape index (κ2) is 3.40. The molecule has 10 heavy (non-hydrogen) atoms. The van der Waals surface area contributed by atoms with Gasteiger partial charge in [-0.2, -0.15) is 0 Å². The van der Waals surface area contributed by atoms with E-state index in [2.05, 4.69) is 6.92 Å². The highest BCUT2D eigenvalue weighted by molar-refractivity contribution is 5.82. The van der Waals surface area contributed by atoms with Gasteiger partial charge in [0.05, 0.1) is 0 Å². The summed E-state index contributed by atoms with van der Waals surface area (Å²) in [6, 6.07) is 0. The van der Waals surface area contributed by atoms with E-state index in [1.165, 1.54) is 6.08 Å². The lowest BCUT2D eigenvalue weighted by Gasteiger charge is -2.17. The number of ether oxygens (including phenoxy) is 1. The Morgan fingerprint density at radius 3 is 3.20 bits per heavy atom. The smallest absolute Gasteiger partial charge is 0.330 e. The van der Waals surface area contributed by atoms with E-state index in [1.54, 1.807) is 0 Å². The Balaban J connectivity index is 2.36. The Bertz CT molecular complexity index is 149. The third kappa shape index (κ3) is 1.87. The molecule has 0 N–H and O–H groups in total. The van der Waals surface area contributed by atoms with Crippen molar-refractivity contribution in [2.45, 2.75) is 32.3 Å². The fraction of sp³-hybridized carbons (Fsp3) is 0.625. The quantitative estimate of drug-likeness (QED) is 0.545. The number of rotatable bonds is 2. The molecule has 1 atom stereocenters. The van der Waals surface area contributed by atoms with E-state index >= 15 is 0 Å². The largest absolute Gasteiger partial charge is 0.459 e. The second-order valence-electron chi connectivity index (χ2n) is 2.49. The van der Waals surface area contributed by atoms with Gasteiger partial charge in [0.25, 0.3) is 0 Å². The fourth-order valence-corrected chi connectivity index (χ4v) is 1.07. The van der Waals surface area contributed by atoms with Crippen molar-refractivity contribution in [3.05, 3.63) is 12.2 Å². The summed E-state index contributed by atoms with van der Waals surface area (Å²) in [6.07, 6.45) is 6.46. The standard InChI is InChI=1S/C8H12O2/c1-2-4-7-5-3-6-8(9)10-7/h3,6-7H,2,4-5H2,1H3/t7-/m0/s1. The highest BCUT2D eigenvalue weighted by Gasteiger charge is 2.13. The van der Waals surface area contributed by atoms with Gasteiger partial charge in [-0.1, -0.05) is 19.4 Å². The Labute approximate surface area is 60.9 Å². The van der Waals surface area contributed by atoms with Crippen LogP contribution in [0.15, 0.2) is 12.2 Å². The van der Waals surface area contributed by atoms with Gasteiger partial charge in [0.1, 0.15) is 6.10 Å². The Hall–Kier alpha value is -0.790. The van der Waals surface area contributed by atoms with Crippen LogP contribution < -0.4 is 0 Å². The first-order valence-electron chi connectivity index (χ1n) is 3.70. The van der Waals surface area contributed by atoms with Crippen molar-refractivity contribution < 1.29 is 9.53 Å². The number of hydrogen-bond acceptors (Lipinski definition) is 2. The molecule has 2 heteroatoms. The molecular weight excluding hydrogens is 128 g/mol. The van der Waals surface area contributed by atoms with Gasteiger partial charge in [0, 0.05) is 12.5 Å². The van der Waals surface area contributed by atoms with E-state index in [0.717, 1.165) is 19.3 Å². The molecule has 0 saturated carbocycles. The predicted molar refractivity (Wildman–Crippen MR) is 38.5 cm³/mol. The zero-order valence-electron chi connectivity index (χ0n) is 6.17. The van der Waals surface area contributed by atoms with Crippen molar-refractivity contribution in [2.24, 2.45) is 0 Å². The van der Waals surface area contributed by atoms with Crippen LogP contribution in [0, 0.1) is 0 Å². The number of cyclic esters (lactones) is 1. The van der Waals surface area contributed by atoms with Gasteiger partial charge in [-0.05, 0) is 6.42 Å². The lowest BCUT2D eigenvalue weighted by Crippen LogP contribution is -2.19. The van der Waals surface area contributed by atoms with Crippen LogP contribution >= 0.6 is 0 Å². The van der Waals surface area contributed by atoms with Crippen LogP contribution in [0.4, 0.5) is 0 Å². The number of carbonyl (C=O) groups excluding carboxylic acids is 1. The summed E-state index contributed by atoms with van der Waals surface area (Å²) in [7, 11) is 0. The molecule has 2 nitrogen and oxygen atoms in total. The maximum Gasteiger partial charge on any atom is 0.330 e. The molecule has 0 aromatic carbocycles. The third-order valence-corrected chi connectivity index (χ3v) is 1.55. The molecule has 0 spiro atoms. The molecule has 0 aromatic heterocycles. The Kier molecular flexibility index (Phi) is 2.49. The normalized spacial score (nSPS) is 24.5. The van der Waals surface area contributed by atoms with Crippen molar-refractivity contribution in [3.63, 3.8) is 0 Å². The van der Waals surface area contributed by atoms with Crippen LogP contribution in [0.2, 0.25) is 0 Å². The highest BCUT2D eigenvalue weighted by Crippen LogP contribution is 2.11. The van der Waals surface area contributed by atoms with E-state index in [0.29, 0.717) is 0 Å². The fourth-order valence-electron chi connectivity index (χ4n) is 1.07. The summed E-state index contributed by atoms with van der Waals surface area (Å²) >= 11 is 0. The third-order valence-electron chi connectivity index (χ3n) is 1.55. The molecule has 0 amide bonds. The molecule has 1 heterocycles. The van der Waals surface area contributed by atoms with Crippen LogP contribution in [-0.2, 0) is 9.53 Å². The maximum atomic E-state index is 10.6. The molecule has 0 unspecified atom stereocenters. The summed E-state index contributed by atoms with van der Waals surface area (Å²) < 4.78 is 5.00. The molecular formula is C8H12O2. The van der Waals surface area contributed by atoms with E-state index in [4.69, 9.17) is 4.74 Å². The lowest BCUT2D eigenvalue weighted by atomic mass is 10.1. The van der Waals surface area contributed by atoms with E-state index < -0.39 is 0 Å². The van der Waals surface area contributed by atoms with Gasteiger partial charge >= 0.3 is 5.97 Å². The lowest BCUT2D eigenvalue weighted by molar-refractivity contribution is -0.144. The van der Waals surface area contributed by atoms with Crippen molar-refractivity contribution in [1.82, 2.24) is 0 Å². The molecule has 56 valence electrons. The van der Waals surface area contributed by atoms with Crippen molar-refractivity contribution >= 4 is 5.97 Å². The van der Waals surface area contributed by atoms with Gasteiger partial charge in [-0.3, -0.25) is 0 Å². The van der Waals surface area contributed by atoms with Crippen LogP contribution in [0.25, 0.3) is 0 Å². The minimum Gasteiger partial charge on any atom is -0.459 e. The summed E-state index contributed by atoms with van der Waals surface area (Å²) in [4.78, 5) is 10.6. The molecule has 0 saturated heterocycles. The Morgan fingerprint density at radius 1 is 1.80 bits per heavy atom. The van der Waals surface area contributed by atoms with Gasteiger partial charge < -0.3 is 4.74 Å². The summed E-state index contributed by atoms with van der Waals surface area (Å²) in [5.41, 5.74) is 0. The minimum absolute atomic E-state index is 0.141. The maximum absolute atomic E-state index is 10.6. The zero-order valence-corrected chi connectivity index (χ0v) is 6.17. The average molecular weight is 140 g/mol. The monoisotopic (exact) mass is 140 g/mol. The van der Waals surface area contributed by atoms with Crippen molar-refractivity contribution in [2.75, 3.05) is 0 Å². The molecule has 1 rings (SSSR count). The van der Waals surface area contributed by atoms with Gasteiger partial charge in [0.2, 0.25) is 0 Å². The van der Waals surface area contributed by atoms with Crippen LogP contribution in [-0.4, -0.2) is 12.1 Å². The molecule has 0 fully saturated rings. The first-order valence-corrected chi connectivity index (χ1v) is 3.70. The second-order valence-corrected chi connectivity index (χ2v) is 2.49. The summed E-state index contributed by atoms with van der Waals surface area (Å²) in [5.74, 6) is -0.190. The minimum atomic E-state index is -0.190. The zero-order chi connectivity index (χ0) is 7.40. The molecule has 0 aromatic rings. The van der Waals surface area contributed by atoms with Gasteiger partial charge in [0.15, 0.2) is 0 Å². The van der Waals surface area contributed by atoms with E-state index in [1.807, 2.05) is 6.08 Å². The molecule has 0 bridgehead atoms. The average Bonchev–Trinajstić information content (AvgIpc) is 1.88. The van der Waals surface area contributed by atoms with E-state index in [9.17, 15) is 4.79 Å². The predicted octanol–water partition coefficient (Wildman–Crippen LogP) is 1.66. The first kappa shape index (κ1) is 7.32. The van der Waals surface area contributed by atoms with Crippen molar-refractivity contribution in [1.29, 1.82) is 0 Å². The number of esters is 1. The summed E-state index contributed by atoms with van der Waals surface area (Å²) in [6.45, 7) is 2.09. The topological polar surface area (TPSA) is 26.3 Å². The first-order chi connectivity index (χ1) is 4.83. The molecule has 1 aliphatic heterocycles. The van der Waals surface area contributed by atoms with Gasteiger partial charge in [-0.15, -0.1) is 0 Å². The van der Waals surface area contributed by atoms with E-state index in [-0.39, 0.29) is 12.1 Å². The summed E-state index contributed by atoms with van der Waals surface area (Å²) in [5, 5.41) is 0. The Morgan fingerprint density at radius 2 is 2.60 bits per heavy atom. The van der Waals surface area contributed by atoms with Crippen molar-refractivity contribution in [3.8, 4) is 0 Å².